The van der Waals surface area contributed by atoms with Gasteiger partial charge in [0.15, 0.2) is 0 Å². The number of rotatable bonds is 11. The second-order valence-corrected chi connectivity index (χ2v) is 24.0. The fourth-order valence-electron chi connectivity index (χ4n) is 12.1. The standard InChI is InChI=1S/C66H56P2/c1-7-23-47(24-8-1)57-39-53-35-19-21-37-55(53)65(63(57)45-67-41-59(49-27-11-3-12-28-49)60(42-67)50-29-13-4-14-30-50)66-56-38-22-20-36-54(56)40-58(48-25-9-2-10-26-48)64(66)46-68-43-61(51-31-15-5-16-32-51)62(44-68)52-33-17-6-18-34-52/h1-40,59-62H,41-46H2. The zero-order valence-corrected chi connectivity index (χ0v) is 40.3. The molecule has 4 unspecified atom stereocenters. The molecule has 2 heteroatoms. The zero-order valence-electron chi connectivity index (χ0n) is 38.5. The minimum Gasteiger partial charge on any atom is -0.101 e. The second kappa shape index (κ2) is 19.3. The first kappa shape index (κ1) is 42.9. The normalized spacial score (nSPS) is 20.2. The third-order valence-electron chi connectivity index (χ3n) is 15.2. The highest BCUT2D eigenvalue weighted by molar-refractivity contribution is 7.57. The first-order valence-corrected chi connectivity index (χ1v) is 28.4. The number of benzene rings is 10. The summed E-state index contributed by atoms with van der Waals surface area (Å²) in [5, 5.41) is 5.37. The highest BCUT2D eigenvalue weighted by atomic mass is 31.1. The van der Waals surface area contributed by atoms with Crippen molar-refractivity contribution in [3.05, 3.63) is 276 Å². The van der Waals surface area contributed by atoms with E-state index >= 15 is 0 Å². The maximum Gasteiger partial charge on any atom is -0.00503 e. The molecule has 0 saturated carbocycles. The van der Waals surface area contributed by atoms with Gasteiger partial charge >= 0.3 is 0 Å². The van der Waals surface area contributed by atoms with Gasteiger partial charge in [-0.25, -0.2) is 0 Å². The first-order valence-electron chi connectivity index (χ1n) is 24.6. The summed E-state index contributed by atoms with van der Waals surface area (Å²) in [6, 6.07) is 92.2. The predicted octanol–water partition coefficient (Wildman–Crippen LogP) is 18.1. The summed E-state index contributed by atoms with van der Waals surface area (Å²) in [4.78, 5) is 0. The van der Waals surface area contributed by atoms with Crippen molar-refractivity contribution in [1.82, 2.24) is 0 Å². The number of hydrogen-bond acceptors (Lipinski definition) is 0. The van der Waals surface area contributed by atoms with Crippen molar-refractivity contribution in [2.75, 3.05) is 24.6 Å². The lowest BCUT2D eigenvalue weighted by Gasteiger charge is -2.27. The lowest BCUT2D eigenvalue weighted by molar-refractivity contribution is 0.666. The summed E-state index contributed by atoms with van der Waals surface area (Å²) in [7, 11) is -0.785. The van der Waals surface area contributed by atoms with Gasteiger partial charge in [0.25, 0.3) is 0 Å². The van der Waals surface area contributed by atoms with Crippen LogP contribution in [0.2, 0.25) is 0 Å². The Bertz CT molecular complexity index is 2980. The average Bonchev–Trinajstić information content (AvgIpc) is 4.05. The van der Waals surface area contributed by atoms with E-state index in [1.54, 1.807) is 0 Å². The fraction of sp³-hybridized carbons (Fsp3) is 0.152. The van der Waals surface area contributed by atoms with Gasteiger partial charge in [0.2, 0.25) is 0 Å². The van der Waals surface area contributed by atoms with Crippen LogP contribution in [-0.2, 0) is 12.3 Å². The molecule has 0 aliphatic carbocycles. The third-order valence-corrected chi connectivity index (χ3v) is 20.4. The summed E-state index contributed by atoms with van der Waals surface area (Å²) in [5.74, 6) is 1.97. The van der Waals surface area contributed by atoms with Crippen molar-refractivity contribution < 1.29 is 0 Å². The minimum atomic E-state index is -0.392. The molecule has 10 aromatic rings. The molecule has 2 heterocycles. The van der Waals surface area contributed by atoms with Crippen molar-refractivity contribution in [2.45, 2.75) is 36.0 Å². The molecule has 0 spiro atoms. The molecule has 0 bridgehead atoms. The van der Waals surface area contributed by atoms with Crippen molar-refractivity contribution in [3.63, 3.8) is 0 Å². The van der Waals surface area contributed by atoms with Crippen molar-refractivity contribution in [1.29, 1.82) is 0 Å². The maximum atomic E-state index is 2.54. The summed E-state index contributed by atoms with van der Waals surface area (Å²) >= 11 is 0. The monoisotopic (exact) mass is 910 g/mol. The van der Waals surface area contributed by atoms with E-state index in [2.05, 4.69) is 243 Å². The lowest BCUT2D eigenvalue weighted by Crippen LogP contribution is -2.08. The average molecular weight is 911 g/mol. The van der Waals surface area contributed by atoms with Crippen LogP contribution in [0.5, 0.6) is 0 Å². The van der Waals surface area contributed by atoms with E-state index in [1.807, 2.05) is 0 Å². The summed E-state index contributed by atoms with van der Waals surface area (Å²) in [5.41, 5.74) is 17.3. The molecule has 4 atom stereocenters. The molecule has 10 aromatic carbocycles. The third kappa shape index (κ3) is 8.45. The quantitative estimate of drug-likeness (QED) is 0.113. The van der Waals surface area contributed by atoms with Gasteiger partial charge in [-0.05, 0) is 161 Å². The molecule has 0 nitrogen and oxygen atoms in total. The fourth-order valence-corrected chi connectivity index (χ4v) is 18.5. The van der Waals surface area contributed by atoms with Gasteiger partial charge < -0.3 is 0 Å². The van der Waals surface area contributed by atoms with E-state index in [0.717, 1.165) is 12.3 Å². The van der Waals surface area contributed by atoms with E-state index in [1.165, 1.54) is 113 Å². The smallest absolute Gasteiger partial charge is 0.00503 e. The SMILES string of the molecule is c1ccc(-c2cc3ccccc3c(-c3c(CP4CC(c5ccccc5)C(c5ccccc5)C4)c(-c4ccccc4)cc4ccccc34)c2CP2CC(c3ccccc3)C(c3ccccc3)C2)cc1. The Hall–Kier alpha value is -6.42. The zero-order chi connectivity index (χ0) is 45.2. The van der Waals surface area contributed by atoms with Crippen LogP contribution in [0.4, 0.5) is 0 Å². The van der Waals surface area contributed by atoms with E-state index in [-0.39, 0.29) is 0 Å². The van der Waals surface area contributed by atoms with Gasteiger partial charge in [0.1, 0.15) is 0 Å². The van der Waals surface area contributed by atoms with E-state index < -0.39 is 15.8 Å². The Balaban J connectivity index is 1.09. The number of hydrogen-bond donors (Lipinski definition) is 0. The Labute approximate surface area is 405 Å². The molecule has 12 rings (SSSR count). The molecule has 0 aromatic heterocycles. The Morgan fingerprint density at radius 3 is 0.868 bits per heavy atom. The lowest BCUT2D eigenvalue weighted by atomic mass is 9.82. The molecule has 330 valence electrons. The van der Waals surface area contributed by atoms with Crippen LogP contribution in [0.25, 0.3) is 54.9 Å². The van der Waals surface area contributed by atoms with Gasteiger partial charge in [-0.2, -0.15) is 0 Å². The molecule has 2 fully saturated rings. The molecule has 0 amide bonds. The summed E-state index contributed by atoms with van der Waals surface area (Å²) < 4.78 is 0. The summed E-state index contributed by atoms with van der Waals surface area (Å²) in [6.07, 6.45) is 7.07. The number of fused-ring (bicyclic) bond motifs is 2. The minimum absolute atomic E-state index is 0.392. The highest BCUT2D eigenvalue weighted by Crippen LogP contribution is 2.62. The largest absolute Gasteiger partial charge is 0.101 e. The van der Waals surface area contributed by atoms with E-state index in [0.29, 0.717) is 23.7 Å². The molecule has 0 N–H and O–H groups in total. The van der Waals surface area contributed by atoms with Crippen LogP contribution in [0.1, 0.15) is 57.1 Å². The van der Waals surface area contributed by atoms with Crippen LogP contribution in [0.3, 0.4) is 0 Å². The van der Waals surface area contributed by atoms with Crippen molar-refractivity contribution in [2.24, 2.45) is 0 Å². The second-order valence-electron chi connectivity index (χ2n) is 19.2. The molecule has 2 aliphatic heterocycles. The molecule has 2 saturated heterocycles. The van der Waals surface area contributed by atoms with Crippen molar-refractivity contribution in [3.8, 4) is 33.4 Å². The van der Waals surface area contributed by atoms with E-state index in [4.69, 9.17) is 0 Å². The Morgan fingerprint density at radius 2 is 0.559 bits per heavy atom. The van der Waals surface area contributed by atoms with Crippen LogP contribution < -0.4 is 0 Å². The van der Waals surface area contributed by atoms with Crippen LogP contribution in [0, 0.1) is 0 Å². The molecule has 2 aliphatic rings. The predicted molar refractivity (Wildman–Crippen MR) is 295 cm³/mol. The Kier molecular flexibility index (Phi) is 12.2. The van der Waals surface area contributed by atoms with Gasteiger partial charge in [0.05, 0.1) is 0 Å². The Morgan fingerprint density at radius 1 is 0.294 bits per heavy atom. The maximum absolute atomic E-state index is 2.54. The van der Waals surface area contributed by atoms with Gasteiger partial charge in [-0.15, -0.1) is 15.8 Å². The van der Waals surface area contributed by atoms with Gasteiger partial charge in [0, 0.05) is 0 Å². The molecular weight excluding hydrogens is 855 g/mol. The molecule has 0 radical (unpaired) electrons. The highest BCUT2D eigenvalue weighted by Gasteiger charge is 2.39. The molecular formula is C66H56P2. The van der Waals surface area contributed by atoms with Crippen LogP contribution in [-0.4, -0.2) is 24.6 Å². The van der Waals surface area contributed by atoms with Crippen LogP contribution in [0.15, 0.2) is 243 Å². The summed E-state index contributed by atoms with van der Waals surface area (Å²) in [6.45, 7) is 0. The topological polar surface area (TPSA) is 0 Å². The van der Waals surface area contributed by atoms with Crippen LogP contribution >= 0.6 is 15.8 Å². The molecule has 68 heavy (non-hydrogen) atoms. The van der Waals surface area contributed by atoms with Gasteiger partial charge in [-0.1, -0.05) is 231 Å². The van der Waals surface area contributed by atoms with Crippen molar-refractivity contribution >= 4 is 37.4 Å². The van der Waals surface area contributed by atoms with E-state index in [9.17, 15) is 0 Å². The van der Waals surface area contributed by atoms with Gasteiger partial charge in [-0.3, -0.25) is 0 Å². The first-order chi connectivity index (χ1) is 33.7.